The highest BCUT2D eigenvalue weighted by Gasteiger charge is 2.50. The Balaban J connectivity index is 2.52. The minimum Gasteiger partial charge on any atom is -0.493 e. The molecule has 0 radical (unpaired) electrons. The van der Waals surface area contributed by atoms with Crippen LogP contribution in [0.1, 0.15) is 26.0 Å². The molecule has 1 aromatic rings. The summed E-state index contributed by atoms with van der Waals surface area (Å²) in [5.74, 6) is 0.657. The molecule has 1 aliphatic rings. The lowest BCUT2D eigenvalue weighted by Gasteiger charge is -2.46. The quantitative estimate of drug-likeness (QED) is 0.795. The smallest absolute Gasteiger partial charge is 0.162 e. The Morgan fingerprint density at radius 1 is 1.53 bits per heavy atom. The summed E-state index contributed by atoms with van der Waals surface area (Å²) in [4.78, 5) is 0. The van der Waals surface area contributed by atoms with E-state index < -0.39 is 5.60 Å². The van der Waals surface area contributed by atoms with Crippen molar-refractivity contribution >= 4 is 0 Å². The van der Waals surface area contributed by atoms with Gasteiger partial charge in [-0.3, -0.25) is 4.68 Å². The highest BCUT2D eigenvalue weighted by atomic mass is 16.5. The molecule has 17 heavy (non-hydrogen) atoms. The lowest BCUT2D eigenvalue weighted by molar-refractivity contribution is -0.101. The highest BCUT2D eigenvalue weighted by Crippen LogP contribution is 2.46. The van der Waals surface area contributed by atoms with E-state index in [-0.39, 0.29) is 5.41 Å². The third kappa shape index (κ3) is 1.73. The van der Waals surface area contributed by atoms with Crippen LogP contribution in [0.2, 0.25) is 0 Å². The Kier molecular flexibility index (Phi) is 2.91. The minimum atomic E-state index is -0.908. The fraction of sp³-hybridized carbons (Fsp3) is 0.750. The average molecular weight is 239 g/mol. The van der Waals surface area contributed by atoms with Crippen LogP contribution in [-0.2, 0) is 12.6 Å². The molecular weight excluding hydrogens is 218 g/mol. The largest absolute Gasteiger partial charge is 0.493 e. The van der Waals surface area contributed by atoms with Crippen molar-refractivity contribution in [2.75, 3.05) is 20.2 Å². The number of nitrogens with zero attached hydrogens (tertiary/aromatic N) is 2. The molecule has 2 N–H and O–H groups in total. The van der Waals surface area contributed by atoms with E-state index in [1.807, 2.05) is 7.05 Å². The van der Waals surface area contributed by atoms with E-state index >= 15 is 0 Å². The van der Waals surface area contributed by atoms with Gasteiger partial charge in [-0.25, -0.2) is 0 Å². The van der Waals surface area contributed by atoms with Crippen molar-refractivity contribution in [3.63, 3.8) is 0 Å². The maximum Gasteiger partial charge on any atom is 0.162 e. The molecule has 1 fully saturated rings. The average Bonchev–Trinajstić information content (AvgIpc) is 2.64. The van der Waals surface area contributed by atoms with E-state index in [2.05, 4.69) is 24.3 Å². The Morgan fingerprint density at radius 3 is 2.82 bits per heavy atom. The van der Waals surface area contributed by atoms with Gasteiger partial charge in [0.1, 0.15) is 11.3 Å². The second-order valence-corrected chi connectivity index (χ2v) is 5.36. The van der Waals surface area contributed by atoms with Gasteiger partial charge in [0.05, 0.1) is 13.3 Å². The van der Waals surface area contributed by atoms with Gasteiger partial charge in [-0.05, 0) is 13.0 Å². The Morgan fingerprint density at radius 2 is 2.24 bits per heavy atom. The number of piperidine rings is 1. The number of aryl methyl sites for hydroxylation is 1. The number of aromatic nitrogens is 2. The summed E-state index contributed by atoms with van der Waals surface area (Å²) in [6.07, 6.45) is 2.32. The second-order valence-electron chi connectivity index (χ2n) is 5.36. The topological polar surface area (TPSA) is 59.3 Å². The Labute approximate surface area is 102 Å². The summed E-state index contributed by atoms with van der Waals surface area (Å²) < 4.78 is 7.03. The van der Waals surface area contributed by atoms with Crippen molar-refractivity contribution in [1.82, 2.24) is 15.1 Å². The predicted octanol–water partition coefficient (Wildman–Crippen LogP) is 0.636. The zero-order valence-corrected chi connectivity index (χ0v) is 10.9. The molecule has 0 bridgehead atoms. The normalized spacial score (nSPS) is 28.1. The minimum absolute atomic E-state index is 0.258. The maximum atomic E-state index is 11.1. The summed E-state index contributed by atoms with van der Waals surface area (Å²) in [7, 11) is 3.45. The van der Waals surface area contributed by atoms with Gasteiger partial charge in [0, 0.05) is 19.0 Å². The molecule has 0 saturated carbocycles. The van der Waals surface area contributed by atoms with E-state index in [1.165, 1.54) is 0 Å². The van der Waals surface area contributed by atoms with Crippen LogP contribution in [0.25, 0.3) is 0 Å². The zero-order chi connectivity index (χ0) is 12.7. The van der Waals surface area contributed by atoms with E-state index in [0.29, 0.717) is 12.2 Å². The predicted molar refractivity (Wildman–Crippen MR) is 64.9 cm³/mol. The van der Waals surface area contributed by atoms with Crippen molar-refractivity contribution in [2.24, 2.45) is 12.5 Å². The Bertz CT molecular complexity index is 414. The summed E-state index contributed by atoms with van der Waals surface area (Å²) in [6, 6.07) is 0. The van der Waals surface area contributed by atoms with Crippen LogP contribution in [-0.4, -0.2) is 35.1 Å². The van der Waals surface area contributed by atoms with Crippen LogP contribution < -0.4 is 10.1 Å². The molecule has 0 aromatic carbocycles. The summed E-state index contributed by atoms with van der Waals surface area (Å²) >= 11 is 0. The molecule has 2 heterocycles. The molecule has 1 atom stereocenters. The summed E-state index contributed by atoms with van der Waals surface area (Å²) in [5.41, 5.74) is -0.396. The van der Waals surface area contributed by atoms with Crippen LogP contribution in [0.15, 0.2) is 6.20 Å². The van der Waals surface area contributed by atoms with Crippen LogP contribution in [0, 0.1) is 5.41 Å². The molecule has 1 saturated heterocycles. The molecule has 1 unspecified atom stereocenters. The first kappa shape index (κ1) is 12.4. The molecule has 96 valence electrons. The number of methoxy groups -OCH3 is 1. The van der Waals surface area contributed by atoms with Crippen molar-refractivity contribution in [2.45, 2.75) is 25.9 Å². The number of ether oxygens (including phenoxy) is 1. The number of rotatable bonds is 2. The SMILES string of the molecule is COc1cnn(C)c1C1(O)CCNCC1(C)C. The van der Waals surface area contributed by atoms with E-state index in [9.17, 15) is 5.11 Å². The van der Waals surface area contributed by atoms with Gasteiger partial charge in [0.25, 0.3) is 0 Å². The van der Waals surface area contributed by atoms with E-state index in [1.54, 1.807) is 18.0 Å². The number of nitrogens with one attached hydrogen (secondary N) is 1. The molecule has 0 spiro atoms. The fourth-order valence-electron chi connectivity index (χ4n) is 2.63. The first-order valence-corrected chi connectivity index (χ1v) is 5.92. The lowest BCUT2D eigenvalue weighted by Crippen LogP contribution is -2.54. The zero-order valence-electron chi connectivity index (χ0n) is 10.9. The van der Waals surface area contributed by atoms with Gasteiger partial charge >= 0.3 is 0 Å². The maximum absolute atomic E-state index is 11.1. The van der Waals surface area contributed by atoms with Crippen molar-refractivity contribution in [3.8, 4) is 5.75 Å². The molecule has 5 nitrogen and oxygen atoms in total. The van der Waals surface area contributed by atoms with Crippen LogP contribution in [0.3, 0.4) is 0 Å². The first-order valence-electron chi connectivity index (χ1n) is 5.92. The monoisotopic (exact) mass is 239 g/mol. The number of hydrogen-bond donors (Lipinski definition) is 2. The van der Waals surface area contributed by atoms with Crippen LogP contribution in [0.4, 0.5) is 0 Å². The van der Waals surface area contributed by atoms with Gasteiger partial charge in [0.2, 0.25) is 0 Å². The third-order valence-electron chi connectivity index (χ3n) is 3.87. The molecular formula is C12H21N3O2. The molecule has 1 aromatic heterocycles. The van der Waals surface area contributed by atoms with Gasteiger partial charge in [-0.2, -0.15) is 5.10 Å². The number of aliphatic hydroxyl groups is 1. The summed E-state index contributed by atoms with van der Waals surface area (Å²) in [6.45, 7) is 5.70. The van der Waals surface area contributed by atoms with Gasteiger partial charge in [0.15, 0.2) is 5.75 Å². The Hall–Kier alpha value is -1.07. The molecule has 5 heteroatoms. The van der Waals surface area contributed by atoms with Crippen molar-refractivity contribution < 1.29 is 9.84 Å². The van der Waals surface area contributed by atoms with Gasteiger partial charge in [-0.1, -0.05) is 13.8 Å². The molecule has 0 aliphatic carbocycles. The van der Waals surface area contributed by atoms with Gasteiger partial charge < -0.3 is 15.2 Å². The molecule has 2 rings (SSSR count). The van der Waals surface area contributed by atoms with Gasteiger partial charge in [-0.15, -0.1) is 0 Å². The summed E-state index contributed by atoms with van der Waals surface area (Å²) in [5, 5.41) is 18.6. The van der Waals surface area contributed by atoms with E-state index in [0.717, 1.165) is 18.8 Å². The second kappa shape index (κ2) is 3.99. The third-order valence-corrected chi connectivity index (χ3v) is 3.87. The number of hydrogen-bond acceptors (Lipinski definition) is 4. The van der Waals surface area contributed by atoms with Crippen LogP contribution in [0.5, 0.6) is 5.75 Å². The molecule has 0 amide bonds. The lowest BCUT2D eigenvalue weighted by atomic mass is 9.68. The van der Waals surface area contributed by atoms with Crippen molar-refractivity contribution in [3.05, 3.63) is 11.9 Å². The fourth-order valence-corrected chi connectivity index (χ4v) is 2.63. The standard InChI is InChI=1S/C12H21N3O2/c1-11(2)8-13-6-5-12(11,16)10-9(17-4)7-14-15(10)3/h7,13,16H,5-6,8H2,1-4H3. The highest BCUT2D eigenvalue weighted by molar-refractivity contribution is 5.33. The van der Waals surface area contributed by atoms with Crippen molar-refractivity contribution in [1.29, 1.82) is 0 Å². The van der Waals surface area contributed by atoms with E-state index in [4.69, 9.17) is 4.74 Å². The molecule has 1 aliphatic heterocycles. The van der Waals surface area contributed by atoms with Crippen LogP contribution >= 0.6 is 0 Å². The first-order chi connectivity index (χ1) is 7.92.